The summed E-state index contributed by atoms with van der Waals surface area (Å²) >= 11 is 0. The number of hydrogen-bond donors (Lipinski definition) is 1. The van der Waals surface area contributed by atoms with Gasteiger partial charge in [-0.15, -0.1) is 0 Å². The Labute approximate surface area is 169 Å². The minimum absolute atomic E-state index is 0.0385. The second-order valence-corrected chi connectivity index (χ2v) is 9.46. The van der Waals surface area contributed by atoms with Gasteiger partial charge in [0.1, 0.15) is 0 Å². The average molecular weight is 386 g/mol. The van der Waals surface area contributed by atoms with Crippen LogP contribution in [0.25, 0.3) is 0 Å². The molecule has 0 unspecified atom stereocenters. The molecule has 0 aromatic heterocycles. The summed E-state index contributed by atoms with van der Waals surface area (Å²) in [6.07, 6.45) is 5.70. The fourth-order valence-electron chi connectivity index (χ4n) is 3.90. The number of likely N-dealkylation sites (tertiary alicyclic amines) is 1. The summed E-state index contributed by atoms with van der Waals surface area (Å²) < 4.78 is 0. The molecule has 0 radical (unpaired) electrons. The number of carbonyl (C=O) groups excluding carboxylic acids is 2. The normalized spacial score (nSPS) is 18.9. The van der Waals surface area contributed by atoms with Crippen LogP contribution >= 0.6 is 0 Å². The summed E-state index contributed by atoms with van der Waals surface area (Å²) in [7, 11) is 0. The molecule has 154 valence electrons. The van der Waals surface area contributed by atoms with Crippen molar-refractivity contribution in [2.24, 2.45) is 11.3 Å². The summed E-state index contributed by atoms with van der Waals surface area (Å²) in [4.78, 5) is 30.1. The van der Waals surface area contributed by atoms with E-state index in [2.05, 4.69) is 17.1 Å². The zero-order valence-electron chi connectivity index (χ0n) is 17.9. The van der Waals surface area contributed by atoms with Crippen LogP contribution in [-0.4, -0.2) is 42.9 Å². The van der Waals surface area contributed by atoms with Gasteiger partial charge < -0.3 is 15.1 Å². The van der Waals surface area contributed by atoms with Crippen molar-refractivity contribution >= 4 is 23.2 Å². The maximum absolute atomic E-state index is 13.4. The molecule has 2 saturated heterocycles. The Balaban J connectivity index is 1.89. The molecule has 1 aromatic carbocycles. The Hall–Kier alpha value is -2.04. The molecular weight excluding hydrogens is 350 g/mol. The van der Waals surface area contributed by atoms with Crippen molar-refractivity contribution < 1.29 is 9.59 Å². The number of piperidine rings is 2. The van der Waals surface area contributed by atoms with Crippen LogP contribution in [0.3, 0.4) is 0 Å². The van der Waals surface area contributed by atoms with E-state index in [9.17, 15) is 9.59 Å². The molecule has 1 N–H and O–H groups in total. The highest BCUT2D eigenvalue weighted by molar-refractivity contribution is 6.02. The molecule has 1 aromatic rings. The number of rotatable bonds is 3. The molecule has 2 fully saturated rings. The lowest BCUT2D eigenvalue weighted by Gasteiger charge is -2.34. The number of anilines is 2. The Kier molecular flexibility index (Phi) is 6.31. The van der Waals surface area contributed by atoms with Crippen LogP contribution in [-0.2, 0) is 4.79 Å². The van der Waals surface area contributed by atoms with E-state index in [0.29, 0.717) is 11.6 Å². The van der Waals surface area contributed by atoms with Crippen LogP contribution in [0.2, 0.25) is 0 Å². The van der Waals surface area contributed by atoms with Gasteiger partial charge in [-0.2, -0.15) is 0 Å². The second kappa shape index (κ2) is 8.54. The summed E-state index contributed by atoms with van der Waals surface area (Å²) in [5.41, 5.74) is 1.97. The summed E-state index contributed by atoms with van der Waals surface area (Å²) in [6, 6.07) is 5.83. The van der Waals surface area contributed by atoms with Gasteiger partial charge in [-0.1, -0.05) is 27.7 Å². The predicted molar refractivity (Wildman–Crippen MR) is 115 cm³/mol. The van der Waals surface area contributed by atoms with E-state index < -0.39 is 5.41 Å². The third-order valence-corrected chi connectivity index (χ3v) is 5.93. The van der Waals surface area contributed by atoms with Crippen LogP contribution < -0.4 is 10.2 Å². The zero-order valence-corrected chi connectivity index (χ0v) is 17.9. The van der Waals surface area contributed by atoms with Crippen molar-refractivity contribution in [1.82, 2.24) is 4.90 Å². The lowest BCUT2D eigenvalue weighted by Crippen LogP contribution is -2.39. The van der Waals surface area contributed by atoms with Crippen molar-refractivity contribution in [2.75, 3.05) is 36.4 Å². The standard InChI is InChI=1S/C23H35N3O2/c1-17-10-14-26(15-11-17)21(27)19-16-18(24-22(28)23(2,3)4)8-9-20(19)25-12-6-5-7-13-25/h8-9,16-17H,5-7,10-15H2,1-4H3,(H,24,28). The van der Waals surface area contributed by atoms with Crippen LogP contribution in [0, 0.1) is 11.3 Å². The first-order chi connectivity index (χ1) is 13.3. The van der Waals surface area contributed by atoms with Gasteiger partial charge in [0.05, 0.1) is 5.56 Å². The minimum Gasteiger partial charge on any atom is -0.371 e. The summed E-state index contributed by atoms with van der Waals surface area (Å²) in [5.74, 6) is 0.741. The number of hydrogen-bond acceptors (Lipinski definition) is 3. The molecule has 2 aliphatic rings. The molecule has 0 spiro atoms. The number of carbonyl (C=O) groups is 2. The molecule has 2 amide bonds. The van der Waals surface area contributed by atoms with Crippen LogP contribution in [0.5, 0.6) is 0 Å². The number of nitrogens with one attached hydrogen (secondary N) is 1. The average Bonchev–Trinajstić information content (AvgIpc) is 2.68. The first-order valence-corrected chi connectivity index (χ1v) is 10.8. The van der Waals surface area contributed by atoms with E-state index in [4.69, 9.17) is 0 Å². The Bertz CT molecular complexity index is 709. The maximum Gasteiger partial charge on any atom is 0.256 e. The molecule has 0 saturated carbocycles. The summed E-state index contributed by atoms with van der Waals surface area (Å²) in [5, 5.41) is 2.99. The smallest absolute Gasteiger partial charge is 0.256 e. The highest BCUT2D eigenvalue weighted by Crippen LogP contribution is 2.30. The Morgan fingerprint density at radius 3 is 2.25 bits per heavy atom. The third-order valence-electron chi connectivity index (χ3n) is 5.93. The molecule has 2 aliphatic heterocycles. The third kappa shape index (κ3) is 4.86. The second-order valence-electron chi connectivity index (χ2n) is 9.46. The van der Waals surface area contributed by atoms with Crippen molar-refractivity contribution in [3.05, 3.63) is 23.8 Å². The van der Waals surface area contributed by atoms with E-state index in [-0.39, 0.29) is 11.8 Å². The fourth-order valence-corrected chi connectivity index (χ4v) is 3.90. The van der Waals surface area contributed by atoms with Crippen LogP contribution in [0.15, 0.2) is 18.2 Å². The molecule has 2 heterocycles. The largest absolute Gasteiger partial charge is 0.371 e. The monoisotopic (exact) mass is 385 g/mol. The Morgan fingerprint density at radius 1 is 1.00 bits per heavy atom. The van der Waals surface area contributed by atoms with Gasteiger partial charge in [-0.05, 0) is 56.2 Å². The van der Waals surface area contributed by atoms with E-state index in [1.54, 1.807) is 0 Å². The van der Waals surface area contributed by atoms with E-state index in [0.717, 1.165) is 63.1 Å². The highest BCUT2D eigenvalue weighted by Gasteiger charge is 2.27. The lowest BCUT2D eigenvalue weighted by atomic mass is 9.95. The van der Waals surface area contributed by atoms with Crippen molar-refractivity contribution in [2.45, 2.75) is 59.8 Å². The SMILES string of the molecule is CC1CCN(C(=O)c2cc(NC(=O)C(C)(C)C)ccc2N2CCCCC2)CC1. The fraction of sp³-hybridized carbons (Fsp3) is 0.652. The van der Waals surface area contributed by atoms with Gasteiger partial charge in [-0.3, -0.25) is 9.59 Å². The van der Waals surface area contributed by atoms with Crippen LogP contribution in [0.1, 0.15) is 70.2 Å². The van der Waals surface area contributed by atoms with Gasteiger partial charge in [0.25, 0.3) is 5.91 Å². The van der Waals surface area contributed by atoms with Gasteiger partial charge in [0.15, 0.2) is 0 Å². The first kappa shape index (κ1) is 20.7. The van der Waals surface area contributed by atoms with E-state index in [1.807, 2.05) is 43.9 Å². The predicted octanol–water partition coefficient (Wildman–Crippen LogP) is 4.53. The van der Waals surface area contributed by atoms with E-state index >= 15 is 0 Å². The Morgan fingerprint density at radius 2 is 1.64 bits per heavy atom. The van der Waals surface area contributed by atoms with Gasteiger partial charge in [-0.25, -0.2) is 0 Å². The number of benzene rings is 1. The molecule has 0 bridgehead atoms. The number of amides is 2. The molecular formula is C23H35N3O2. The minimum atomic E-state index is -0.473. The van der Waals surface area contributed by atoms with Gasteiger partial charge in [0, 0.05) is 43.0 Å². The maximum atomic E-state index is 13.4. The lowest BCUT2D eigenvalue weighted by molar-refractivity contribution is -0.123. The van der Waals surface area contributed by atoms with Gasteiger partial charge >= 0.3 is 0 Å². The molecule has 3 rings (SSSR count). The van der Waals surface area contributed by atoms with Crippen LogP contribution in [0.4, 0.5) is 11.4 Å². The molecule has 0 atom stereocenters. The molecule has 0 aliphatic carbocycles. The quantitative estimate of drug-likeness (QED) is 0.831. The van der Waals surface area contributed by atoms with Gasteiger partial charge in [0.2, 0.25) is 5.91 Å². The van der Waals surface area contributed by atoms with Crippen molar-refractivity contribution in [3.8, 4) is 0 Å². The van der Waals surface area contributed by atoms with Crippen molar-refractivity contribution in [1.29, 1.82) is 0 Å². The first-order valence-electron chi connectivity index (χ1n) is 10.8. The topological polar surface area (TPSA) is 52.7 Å². The highest BCUT2D eigenvalue weighted by atomic mass is 16.2. The zero-order chi connectivity index (χ0) is 20.3. The molecule has 28 heavy (non-hydrogen) atoms. The van der Waals surface area contributed by atoms with E-state index in [1.165, 1.54) is 6.42 Å². The summed E-state index contributed by atoms with van der Waals surface area (Å²) in [6.45, 7) is 11.6. The number of nitrogens with zero attached hydrogens (tertiary/aromatic N) is 2. The van der Waals surface area contributed by atoms with Crippen molar-refractivity contribution in [3.63, 3.8) is 0 Å². The molecule has 5 nitrogen and oxygen atoms in total. The molecule has 5 heteroatoms.